The monoisotopic (exact) mass is 417 g/mol. The number of anilines is 1. The van der Waals surface area contributed by atoms with Crippen molar-refractivity contribution in [3.8, 4) is 11.1 Å². The van der Waals surface area contributed by atoms with Gasteiger partial charge in [-0.15, -0.1) is 11.6 Å². The number of amides is 1. The quantitative estimate of drug-likeness (QED) is 0.393. The topological polar surface area (TPSA) is 42.2 Å². The van der Waals surface area contributed by atoms with Gasteiger partial charge in [-0.2, -0.15) is 0 Å². The van der Waals surface area contributed by atoms with Gasteiger partial charge in [0.05, 0.1) is 5.57 Å². The lowest BCUT2D eigenvalue weighted by atomic mass is 9.90. The summed E-state index contributed by atoms with van der Waals surface area (Å²) in [4.78, 5) is 12.8. The molecule has 3 nitrogen and oxygen atoms in total. The summed E-state index contributed by atoms with van der Waals surface area (Å²) in [5.41, 5.74) is 8.36. The number of alkyl halides is 1. The van der Waals surface area contributed by atoms with Gasteiger partial charge in [0.2, 0.25) is 0 Å². The molecule has 0 saturated carbocycles. The van der Waals surface area contributed by atoms with Gasteiger partial charge in [-0.05, 0) is 61.9 Å². The van der Waals surface area contributed by atoms with Crippen molar-refractivity contribution in [3.63, 3.8) is 0 Å². The van der Waals surface area contributed by atoms with Gasteiger partial charge in [0.15, 0.2) is 0 Å². The van der Waals surface area contributed by atoms with E-state index in [1.165, 1.54) is 17.5 Å². The molecule has 1 amide bonds. The van der Waals surface area contributed by atoms with E-state index in [-0.39, 0.29) is 5.91 Å². The van der Waals surface area contributed by atoms with E-state index < -0.39 is 0 Å². The van der Waals surface area contributed by atoms with Crippen molar-refractivity contribution < 1.29 is 9.21 Å². The Balaban J connectivity index is 1.66. The molecule has 1 aromatic heterocycles. The second-order valence-corrected chi connectivity index (χ2v) is 8.53. The summed E-state index contributed by atoms with van der Waals surface area (Å²) in [5.74, 6) is 2.32. The Labute approximate surface area is 181 Å². The average Bonchev–Trinajstić information content (AvgIpc) is 3.26. The molecule has 0 saturated heterocycles. The molecule has 0 atom stereocenters. The van der Waals surface area contributed by atoms with E-state index in [9.17, 15) is 4.79 Å². The molecule has 0 radical (unpaired) electrons. The van der Waals surface area contributed by atoms with E-state index in [2.05, 4.69) is 42.6 Å². The maximum absolute atomic E-state index is 12.8. The van der Waals surface area contributed by atoms with Crippen LogP contribution in [0.4, 0.5) is 5.69 Å². The highest BCUT2D eigenvalue weighted by Crippen LogP contribution is 2.41. The third-order valence-electron chi connectivity index (χ3n) is 6.06. The van der Waals surface area contributed by atoms with Crippen LogP contribution < -0.4 is 5.32 Å². The molecule has 0 fully saturated rings. The van der Waals surface area contributed by atoms with E-state index >= 15 is 0 Å². The number of benzene rings is 2. The summed E-state index contributed by atoms with van der Waals surface area (Å²) in [6, 6.07) is 14.6. The molecule has 0 spiro atoms. The number of carbonyl (C=O) groups is 1. The molecule has 30 heavy (non-hydrogen) atoms. The van der Waals surface area contributed by atoms with Crippen LogP contribution in [0.5, 0.6) is 0 Å². The summed E-state index contributed by atoms with van der Waals surface area (Å²) >= 11 is 5.93. The summed E-state index contributed by atoms with van der Waals surface area (Å²) < 4.78 is 6.35. The van der Waals surface area contributed by atoms with Crippen LogP contribution in [0.25, 0.3) is 22.8 Å². The molecule has 0 bridgehead atoms. The summed E-state index contributed by atoms with van der Waals surface area (Å²) in [7, 11) is 0. The van der Waals surface area contributed by atoms with Crippen LogP contribution in [0.1, 0.15) is 46.6 Å². The first kappa shape index (κ1) is 19.2. The number of nitrogens with one attached hydrogen (secondary N) is 1. The largest absolute Gasteiger partial charge is 0.461 e. The Kier molecular flexibility index (Phi) is 5.00. The molecular weight excluding hydrogens is 394 g/mol. The standard InChI is InChI=1S/C26H24ClNO2/c1-16-6-9-18(10-7-16)25-19-4-2-3-5-23(19)30-24(25)15-21-20-14-17(12-13-27)8-11-22(20)28-26(21)29/h6-11,14-15H,2-5,12-13H2,1H3,(H,28,29). The number of aryl methyl sites for hydroxylation is 3. The SMILES string of the molecule is Cc1ccc(-c2c(C=C3C(=O)Nc4ccc(CCCl)cc43)oc3c2CCCC3)cc1. The fourth-order valence-electron chi connectivity index (χ4n) is 4.50. The zero-order valence-corrected chi connectivity index (χ0v) is 17.8. The lowest BCUT2D eigenvalue weighted by Crippen LogP contribution is -2.03. The molecule has 5 rings (SSSR count). The normalized spacial score (nSPS) is 16.5. The molecule has 4 heteroatoms. The number of halogens is 1. The van der Waals surface area contributed by atoms with E-state index in [1.54, 1.807) is 0 Å². The first-order chi connectivity index (χ1) is 14.6. The van der Waals surface area contributed by atoms with Gasteiger partial charge in [-0.3, -0.25) is 4.79 Å². The lowest BCUT2D eigenvalue weighted by molar-refractivity contribution is -0.110. The molecular formula is C26H24ClNO2. The predicted octanol–water partition coefficient (Wildman–Crippen LogP) is 6.41. The Hall–Kier alpha value is -2.78. The highest BCUT2D eigenvalue weighted by atomic mass is 35.5. The van der Waals surface area contributed by atoms with Gasteiger partial charge < -0.3 is 9.73 Å². The van der Waals surface area contributed by atoms with Crippen molar-refractivity contribution in [2.45, 2.75) is 39.0 Å². The molecule has 0 unspecified atom stereocenters. The second-order valence-electron chi connectivity index (χ2n) is 8.15. The van der Waals surface area contributed by atoms with Crippen molar-refractivity contribution in [1.82, 2.24) is 0 Å². The number of hydrogen-bond acceptors (Lipinski definition) is 2. The van der Waals surface area contributed by atoms with Crippen LogP contribution in [0.3, 0.4) is 0 Å². The number of rotatable bonds is 4. The summed E-state index contributed by atoms with van der Waals surface area (Å²) in [6.07, 6.45) is 7.01. The van der Waals surface area contributed by atoms with E-state index in [0.717, 1.165) is 65.1 Å². The summed E-state index contributed by atoms with van der Waals surface area (Å²) in [6.45, 7) is 2.09. The minimum atomic E-state index is -0.0859. The van der Waals surface area contributed by atoms with Crippen LogP contribution in [0.15, 0.2) is 46.9 Å². The molecule has 3 aromatic rings. The second kappa shape index (κ2) is 7.81. The first-order valence-electron chi connectivity index (χ1n) is 10.6. The highest BCUT2D eigenvalue weighted by molar-refractivity contribution is 6.35. The number of carbonyl (C=O) groups excluding carboxylic acids is 1. The summed E-state index contributed by atoms with van der Waals surface area (Å²) in [5, 5.41) is 2.98. The maximum Gasteiger partial charge on any atom is 0.256 e. The smallest absolute Gasteiger partial charge is 0.256 e. The molecule has 2 heterocycles. The van der Waals surface area contributed by atoms with Crippen molar-refractivity contribution in [1.29, 1.82) is 0 Å². The number of furan rings is 1. The molecule has 152 valence electrons. The molecule has 1 aliphatic heterocycles. The van der Waals surface area contributed by atoms with Gasteiger partial charge in [-0.1, -0.05) is 35.9 Å². The first-order valence-corrected chi connectivity index (χ1v) is 11.1. The van der Waals surface area contributed by atoms with Crippen LogP contribution in [-0.4, -0.2) is 11.8 Å². The lowest BCUT2D eigenvalue weighted by Gasteiger charge is -2.11. The van der Waals surface area contributed by atoms with Crippen molar-refractivity contribution >= 4 is 34.8 Å². The van der Waals surface area contributed by atoms with Crippen LogP contribution in [0.2, 0.25) is 0 Å². The molecule has 1 N–H and O–H groups in total. The highest BCUT2D eigenvalue weighted by Gasteiger charge is 2.28. The fraction of sp³-hybridized carbons (Fsp3) is 0.269. The zero-order valence-electron chi connectivity index (χ0n) is 17.1. The maximum atomic E-state index is 12.8. The van der Waals surface area contributed by atoms with E-state index in [4.69, 9.17) is 16.0 Å². The Morgan fingerprint density at radius 2 is 1.90 bits per heavy atom. The van der Waals surface area contributed by atoms with Gasteiger partial charge in [0, 0.05) is 34.7 Å². The molecule has 1 aliphatic carbocycles. The minimum absolute atomic E-state index is 0.0859. The van der Waals surface area contributed by atoms with Crippen LogP contribution in [-0.2, 0) is 24.1 Å². The Morgan fingerprint density at radius 1 is 1.10 bits per heavy atom. The number of fused-ring (bicyclic) bond motifs is 2. The molecule has 2 aromatic carbocycles. The minimum Gasteiger partial charge on any atom is -0.461 e. The van der Waals surface area contributed by atoms with Gasteiger partial charge in [0.25, 0.3) is 5.91 Å². The van der Waals surface area contributed by atoms with Crippen molar-refractivity contribution in [2.75, 3.05) is 11.2 Å². The van der Waals surface area contributed by atoms with Gasteiger partial charge in [-0.25, -0.2) is 0 Å². The van der Waals surface area contributed by atoms with Crippen LogP contribution >= 0.6 is 11.6 Å². The molecule has 2 aliphatic rings. The van der Waals surface area contributed by atoms with E-state index in [0.29, 0.717) is 11.5 Å². The Bertz CT molecular complexity index is 1150. The van der Waals surface area contributed by atoms with Gasteiger partial charge in [0.1, 0.15) is 11.5 Å². The average molecular weight is 418 g/mol. The van der Waals surface area contributed by atoms with Gasteiger partial charge >= 0.3 is 0 Å². The fourth-order valence-corrected chi connectivity index (χ4v) is 4.72. The predicted molar refractivity (Wildman–Crippen MR) is 123 cm³/mol. The van der Waals surface area contributed by atoms with Crippen molar-refractivity contribution in [2.24, 2.45) is 0 Å². The third-order valence-corrected chi connectivity index (χ3v) is 6.25. The zero-order chi connectivity index (χ0) is 20.7. The van der Waals surface area contributed by atoms with E-state index in [1.807, 2.05) is 18.2 Å². The number of hydrogen-bond donors (Lipinski definition) is 1. The van der Waals surface area contributed by atoms with Crippen LogP contribution in [0, 0.1) is 6.92 Å². The van der Waals surface area contributed by atoms with Crippen molar-refractivity contribution in [3.05, 3.63) is 76.2 Å². The third kappa shape index (κ3) is 3.37. The Morgan fingerprint density at radius 3 is 2.70 bits per heavy atom.